The minimum Gasteiger partial charge on any atom is -0.444 e. The van der Waals surface area contributed by atoms with E-state index >= 15 is 0 Å². The number of hydrogen-bond donors (Lipinski definition) is 1. The first-order chi connectivity index (χ1) is 11.2. The van der Waals surface area contributed by atoms with Gasteiger partial charge in [0.2, 0.25) is 5.91 Å². The standard InChI is InChI=1S/C17H26N4O3/c1-17(2,3)24-16(23)21-9-5-6-14(21)11-18-15(22)8-7-13-10-19-20(4)12-13/h7-8,10,12,14H,5-6,9,11H2,1-4H3,(H,18,22). The van der Waals surface area contributed by atoms with Crippen LogP contribution in [0.5, 0.6) is 0 Å². The van der Waals surface area contributed by atoms with E-state index in [1.807, 2.05) is 34.0 Å². The average molecular weight is 334 g/mol. The summed E-state index contributed by atoms with van der Waals surface area (Å²) in [7, 11) is 1.82. The number of likely N-dealkylation sites (tertiary alicyclic amines) is 1. The summed E-state index contributed by atoms with van der Waals surface area (Å²) in [5, 5.41) is 6.88. The number of nitrogens with zero attached hydrogens (tertiary/aromatic N) is 3. The van der Waals surface area contributed by atoms with Crippen molar-refractivity contribution in [1.29, 1.82) is 0 Å². The summed E-state index contributed by atoms with van der Waals surface area (Å²) in [5.41, 5.74) is 0.351. The van der Waals surface area contributed by atoms with Crippen LogP contribution in [0.3, 0.4) is 0 Å². The van der Waals surface area contributed by atoms with Crippen molar-refractivity contribution < 1.29 is 14.3 Å². The van der Waals surface area contributed by atoms with E-state index in [9.17, 15) is 9.59 Å². The summed E-state index contributed by atoms with van der Waals surface area (Å²) in [6, 6.07) is -0.0180. The number of amides is 2. The van der Waals surface area contributed by atoms with E-state index in [1.165, 1.54) is 6.08 Å². The molecule has 1 aromatic rings. The van der Waals surface area contributed by atoms with Crippen molar-refractivity contribution in [2.45, 2.75) is 45.3 Å². The monoisotopic (exact) mass is 334 g/mol. The largest absolute Gasteiger partial charge is 0.444 e. The summed E-state index contributed by atoms with van der Waals surface area (Å²) in [6.45, 7) is 6.64. The SMILES string of the molecule is Cn1cc(C=CC(=O)NCC2CCCN2C(=O)OC(C)(C)C)cn1. The molecular weight excluding hydrogens is 308 g/mol. The molecule has 7 nitrogen and oxygen atoms in total. The Balaban J connectivity index is 1.82. The van der Waals surface area contributed by atoms with Gasteiger partial charge in [-0.2, -0.15) is 5.10 Å². The van der Waals surface area contributed by atoms with Crippen LogP contribution in [0, 0.1) is 0 Å². The fourth-order valence-corrected chi connectivity index (χ4v) is 2.58. The van der Waals surface area contributed by atoms with Crippen LogP contribution < -0.4 is 5.32 Å². The topological polar surface area (TPSA) is 76.5 Å². The second-order valence-corrected chi connectivity index (χ2v) is 7.00. The Hall–Kier alpha value is -2.31. The molecule has 2 rings (SSSR count). The highest BCUT2D eigenvalue weighted by atomic mass is 16.6. The number of aromatic nitrogens is 2. The number of nitrogens with one attached hydrogen (secondary N) is 1. The van der Waals surface area contributed by atoms with Gasteiger partial charge in [-0.1, -0.05) is 0 Å². The summed E-state index contributed by atoms with van der Waals surface area (Å²) < 4.78 is 7.09. The second kappa shape index (κ2) is 7.51. The molecule has 1 N–H and O–H groups in total. The molecule has 0 aliphatic carbocycles. The van der Waals surface area contributed by atoms with E-state index in [1.54, 1.807) is 21.9 Å². The summed E-state index contributed by atoms with van der Waals surface area (Å²) >= 11 is 0. The molecule has 1 aliphatic heterocycles. The van der Waals surface area contributed by atoms with Gasteiger partial charge < -0.3 is 15.0 Å². The molecule has 1 saturated heterocycles. The number of ether oxygens (including phenoxy) is 1. The van der Waals surface area contributed by atoms with Gasteiger partial charge >= 0.3 is 6.09 Å². The fraction of sp³-hybridized carbons (Fsp3) is 0.588. The lowest BCUT2D eigenvalue weighted by atomic mass is 10.2. The van der Waals surface area contributed by atoms with Crippen LogP contribution >= 0.6 is 0 Å². The van der Waals surface area contributed by atoms with E-state index in [2.05, 4.69) is 10.4 Å². The highest BCUT2D eigenvalue weighted by molar-refractivity contribution is 5.91. The van der Waals surface area contributed by atoms with E-state index in [0.29, 0.717) is 13.1 Å². The Bertz CT molecular complexity index is 616. The van der Waals surface area contributed by atoms with Gasteiger partial charge in [-0.3, -0.25) is 9.48 Å². The molecular formula is C17H26N4O3. The molecule has 0 radical (unpaired) electrons. The van der Waals surface area contributed by atoms with E-state index in [0.717, 1.165) is 18.4 Å². The van der Waals surface area contributed by atoms with Gasteiger partial charge in [0.25, 0.3) is 0 Å². The van der Waals surface area contributed by atoms with Crippen LogP contribution in [-0.4, -0.2) is 51.4 Å². The predicted octanol–water partition coefficient (Wildman–Crippen LogP) is 1.95. The van der Waals surface area contributed by atoms with Crippen molar-refractivity contribution in [3.63, 3.8) is 0 Å². The molecule has 0 spiro atoms. The van der Waals surface area contributed by atoms with Crippen LogP contribution in [0.4, 0.5) is 4.79 Å². The summed E-state index contributed by atoms with van der Waals surface area (Å²) in [6.07, 6.45) is 8.17. The maximum Gasteiger partial charge on any atom is 0.410 e. The molecule has 7 heteroatoms. The van der Waals surface area contributed by atoms with Crippen molar-refractivity contribution in [1.82, 2.24) is 20.0 Å². The van der Waals surface area contributed by atoms with Gasteiger partial charge in [-0.15, -0.1) is 0 Å². The first-order valence-corrected chi connectivity index (χ1v) is 8.19. The fourth-order valence-electron chi connectivity index (χ4n) is 2.58. The number of aryl methyl sites for hydroxylation is 1. The first kappa shape index (κ1) is 18.0. The smallest absolute Gasteiger partial charge is 0.410 e. The van der Waals surface area contributed by atoms with Crippen molar-refractivity contribution in [2.24, 2.45) is 7.05 Å². The Morgan fingerprint density at radius 3 is 2.83 bits per heavy atom. The van der Waals surface area contributed by atoms with Gasteiger partial charge in [-0.05, 0) is 39.7 Å². The third kappa shape index (κ3) is 5.40. The van der Waals surface area contributed by atoms with Crippen LogP contribution in [-0.2, 0) is 16.6 Å². The van der Waals surface area contributed by atoms with Gasteiger partial charge in [0, 0.05) is 38.0 Å². The highest BCUT2D eigenvalue weighted by Crippen LogP contribution is 2.20. The Morgan fingerprint density at radius 1 is 1.46 bits per heavy atom. The van der Waals surface area contributed by atoms with E-state index in [4.69, 9.17) is 4.74 Å². The third-order valence-electron chi connectivity index (χ3n) is 3.67. The van der Waals surface area contributed by atoms with Gasteiger partial charge in [0.1, 0.15) is 5.60 Å². The van der Waals surface area contributed by atoms with Crippen molar-refractivity contribution in [3.05, 3.63) is 24.0 Å². The van der Waals surface area contributed by atoms with Crippen molar-refractivity contribution >= 4 is 18.1 Å². The maximum absolute atomic E-state index is 12.2. The van der Waals surface area contributed by atoms with Gasteiger partial charge in [0.15, 0.2) is 0 Å². The van der Waals surface area contributed by atoms with Crippen LogP contribution in [0.2, 0.25) is 0 Å². The van der Waals surface area contributed by atoms with Crippen LogP contribution in [0.1, 0.15) is 39.2 Å². The number of hydrogen-bond acceptors (Lipinski definition) is 4. The zero-order chi connectivity index (χ0) is 17.7. The molecule has 2 heterocycles. The Morgan fingerprint density at radius 2 is 2.21 bits per heavy atom. The third-order valence-corrected chi connectivity index (χ3v) is 3.67. The quantitative estimate of drug-likeness (QED) is 0.854. The van der Waals surface area contributed by atoms with Crippen LogP contribution in [0.15, 0.2) is 18.5 Å². The zero-order valence-corrected chi connectivity index (χ0v) is 14.8. The number of carbonyl (C=O) groups excluding carboxylic acids is 2. The molecule has 0 saturated carbocycles. The minimum atomic E-state index is -0.514. The van der Waals surface area contributed by atoms with Crippen molar-refractivity contribution in [3.8, 4) is 0 Å². The summed E-state index contributed by atoms with van der Waals surface area (Å²) in [4.78, 5) is 25.8. The molecule has 1 fully saturated rings. The second-order valence-electron chi connectivity index (χ2n) is 7.00. The minimum absolute atomic E-state index is 0.0180. The average Bonchev–Trinajstić information content (AvgIpc) is 3.09. The lowest BCUT2D eigenvalue weighted by Crippen LogP contribution is -2.44. The Kier molecular flexibility index (Phi) is 5.64. The number of rotatable bonds is 4. The molecule has 1 unspecified atom stereocenters. The van der Waals surface area contributed by atoms with Gasteiger partial charge in [-0.25, -0.2) is 4.79 Å². The lowest BCUT2D eigenvalue weighted by Gasteiger charge is -2.28. The predicted molar refractivity (Wildman–Crippen MR) is 91.2 cm³/mol. The first-order valence-electron chi connectivity index (χ1n) is 8.19. The number of carbonyl (C=O) groups is 2. The molecule has 132 valence electrons. The van der Waals surface area contributed by atoms with E-state index in [-0.39, 0.29) is 18.0 Å². The van der Waals surface area contributed by atoms with E-state index < -0.39 is 5.60 Å². The van der Waals surface area contributed by atoms with Gasteiger partial charge in [0.05, 0.1) is 12.2 Å². The molecule has 0 aromatic carbocycles. The summed E-state index contributed by atoms with van der Waals surface area (Å²) in [5.74, 6) is -0.185. The molecule has 1 aliphatic rings. The highest BCUT2D eigenvalue weighted by Gasteiger charge is 2.32. The normalized spacial score (nSPS) is 18.2. The van der Waals surface area contributed by atoms with Crippen molar-refractivity contribution in [2.75, 3.05) is 13.1 Å². The lowest BCUT2D eigenvalue weighted by molar-refractivity contribution is -0.116. The molecule has 24 heavy (non-hydrogen) atoms. The molecule has 1 atom stereocenters. The molecule has 1 aromatic heterocycles. The molecule has 0 bridgehead atoms. The zero-order valence-electron chi connectivity index (χ0n) is 14.8. The maximum atomic E-state index is 12.2. The Labute approximate surface area is 142 Å². The van der Waals surface area contributed by atoms with Crippen LogP contribution in [0.25, 0.3) is 6.08 Å². The molecule has 2 amide bonds.